The van der Waals surface area contributed by atoms with Gasteiger partial charge in [-0.3, -0.25) is 9.38 Å². The number of allylic oxidation sites excluding steroid dienone is 2. The van der Waals surface area contributed by atoms with Crippen molar-refractivity contribution < 1.29 is 4.74 Å². The molecule has 0 aromatic carbocycles. The van der Waals surface area contributed by atoms with Crippen LogP contribution in [0.5, 0.6) is 0 Å². The third kappa shape index (κ3) is 2.09. The van der Waals surface area contributed by atoms with Gasteiger partial charge >= 0.3 is 0 Å². The van der Waals surface area contributed by atoms with Crippen LogP contribution < -0.4 is 5.32 Å². The van der Waals surface area contributed by atoms with Crippen molar-refractivity contribution in [3.05, 3.63) is 35.6 Å². The number of hydrogen-bond donors (Lipinski definition) is 1. The molecule has 2 aromatic heterocycles. The first-order valence-corrected chi connectivity index (χ1v) is 9.67. The summed E-state index contributed by atoms with van der Waals surface area (Å²) in [7, 11) is 0. The van der Waals surface area contributed by atoms with Crippen LogP contribution in [0.25, 0.3) is 11.2 Å². The highest BCUT2D eigenvalue weighted by atomic mass is 16.5. The second-order valence-corrected chi connectivity index (χ2v) is 8.41. The van der Waals surface area contributed by atoms with Gasteiger partial charge in [-0.1, -0.05) is 6.08 Å². The Balaban J connectivity index is 1.36. The van der Waals surface area contributed by atoms with Gasteiger partial charge in [-0.05, 0) is 42.6 Å². The zero-order valence-corrected chi connectivity index (χ0v) is 14.5. The van der Waals surface area contributed by atoms with Crippen molar-refractivity contribution >= 4 is 11.2 Å². The van der Waals surface area contributed by atoms with Crippen LogP contribution in [-0.2, 0) is 11.2 Å². The van der Waals surface area contributed by atoms with Crippen LogP contribution in [0.3, 0.4) is 0 Å². The summed E-state index contributed by atoms with van der Waals surface area (Å²) in [6.07, 6.45) is 12.5. The van der Waals surface area contributed by atoms with E-state index >= 15 is 0 Å². The Morgan fingerprint density at radius 3 is 2.76 bits per heavy atom. The van der Waals surface area contributed by atoms with Gasteiger partial charge in [0.2, 0.25) is 0 Å². The minimum Gasteiger partial charge on any atom is -0.381 e. The molecule has 0 bridgehead atoms. The van der Waals surface area contributed by atoms with Crippen LogP contribution in [0.1, 0.15) is 48.7 Å². The van der Waals surface area contributed by atoms with Crippen LogP contribution in [-0.4, -0.2) is 40.7 Å². The van der Waals surface area contributed by atoms with Gasteiger partial charge in [-0.2, -0.15) is 0 Å². The maximum absolute atomic E-state index is 5.56. The molecular formula is C20H24N4O. The number of rotatable bonds is 2. The van der Waals surface area contributed by atoms with E-state index in [2.05, 4.69) is 22.0 Å². The lowest BCUT2D eigenvalue weighted by molar-refractivity contribution is 0.0349. The van der Waals surface area contributed by atoms with E-state index in [0.717, 1.165) is 38.1 Å². The first-order valence-electron chi connectivity index (χ1n) is 9.67. The van der Waals surface area contributed by atoms with Crippen molar-refractivity contribution in [3.8, 4) is 0 Å². The van der Waals surface area contributed by atoms with Gasteiger partial charge in [0.15, 0.2) is 5.65 Å². The average molecular weight is 336 g/mol. The van der Waals surface area contributed by atoms with Crippen LogP contribution in [0.4, 0.5) is 0 Å². The molecule has 25 heavy (non-hydrogen) atoms. The number of fused-ring (bicyclic) bond motifs is 3. The molecule has 1 N–H and O–H groups in total. The maximum Gasteiger partial charge on any atom is 0.156 e. The third-order valence-electron chi connectivity index (χ3n) is 6.83. The van der Waals surface area contributed by atoms with E-state index in [1.165, 1.54) is 48.6 Å². The topological polar surface area (TPSA) is 51.5 Å². The van der Waals surface area contributed by atoms with Crippen molar-refractivity contribution in [3.63, 3.8) is 0 Å². The fraction of sp³-hybridized carbons (Fsp3) is 0.600. The molecule has 2 aromatic rings. The van der Waals surface area contributed by atoms with E-state index in [1.54, 1.807) is 0 Å². The number of ether oxygens (including phenoxy) is 1. The minimum absolute atomic E-state index is 0.591. The quantitative estimate of drug-likeness (QED) is 0.916. The predicted molar refractivity (Wildman–Crippen MR) is 95.5 cm³/mol. The normalized spacial score (nSPS) is 25.7. The molecule has 2 aliphatic carbocycles. The minimum atomic E-state index is 0.591. The van der Waals surface area contributed by atoms with Crippen LogP contribution in [0.15, 0.2) is 18.5 Å². The van der Waals surface area contributed by atoms with E-state index in [0.29, 0.717) is 17.3 Å². The van der Waals surface area contributed by atoms with E-state index in [1.807, 2.05) is 6.20 Å². The highest BCUT2D eigenvalue weighted by molar-refractivity contribution is 5.73. The lowest BCUT2D eigenvalue weighted by atomic mass is 9.58. The second-order valence-electron chi connectivity index (χ2n) is 8.41. The Hall–Kier alpha value is -1.72. The van der Waals surface area contributed by atoms with Gasteiger partial charge in [-0.15, -0.1) is 0 Å². The Bertz CT molecular complexity index is 865. The van der Waals surface area contributed by atoms with Gasteiger partial charge < -0.3 is 10.1 Å². The fourth-order valence-corrected chi connectivity index (χ4v) is 5.31. The molecule has 4 heterocycles. The van der Waals surface area contributed by atoms with Crippen LogP contribution >= 0.6 is 0 Å². The standard InChI is InChI=1S/C20H24N4O/c1-2-16-19(15(1)13-3-5-25-6-4-13)24-10-17(23-18(24)9-22-16)14-7-20(8-14)11-21-12-20/h1,9-10,13-14,21H,2-8,11-12H2. The highest BCUT2D eigenvalue weighted by Crippen LogP contribution is 2.53. The number of aromatic nitrogens is 3. The van der Waals surface area contributed by atoms with Crippen molar-refractivity contribution in [2.45, 2.75) is 38.0 Å². The van der Waals surface area contributed by atoms with Gasteiger partial charge in [0.1, 0.15) is 0 Å². The van der Waals surface area contributed by atoms with E-state index in [9.17, 15) is 0 Å². The summed E-state index contributed by atoms with van der Waals surface area (Å²) >= 11 is 0. The first-order chi connectivity index (χ1) is 12.3. The monoisotopic (exact) mass is 336 g/mol. The molecule has 0 radical (unpaired) electrons. The van der Waals surface area contributed by atoms with E-state index in [-0.39, 0.29) is 0 Å². The molecule has 0 unspecified atom stereocenters. The van der Waals surface area contributed by atoms with E-state index < -0.39 is 0 Å². The summed E-state index contributed by atoms with van der Waals surface area (Å²) in [5.74, 6) is 1.25. The van der Waals surface area contributed by atoms with Crippen LogP contribution in [0.2, 0.25) is 0 Å². The predicted octanol–water partition coefficient (Wildman–Crippen LogP) is 2.56. The van der Waals surface area contributed by atoms with Gasteiger partial charge in [0.05, 0.1) is 23.3 Å². The van der Waals surface area contributed by atoms with Crippen molar-refractivity contribution in [1.82, 2.24) is 19.7 Å². The molecule has 4 aliphatic rings. The molecule has 5 nitrogen and oxygen atoms in total. The van der Waals surface area contributed by atoms with E-state index in [4.69, 9.17) is 14.7 Å². The smallest absolute Gasteiger partial charge is 0.156 e. The maximum atomic E-state index is 5.56. The number of nitrogens with one attached hydrogen (secondary N) is 1. The summed E-state index contributed by atoms with van der Waals surface area (Å²) in [5, 5.41) is 3.43. The number of nitrogens with zero attached hydrogens (tertiary/aromatic N) is 3. The highest BCUT2D eigenvalue weighted by Gasteiger charge is 2.49. The number of imidazole rings is 1. The first kappa shape index (κ1) is 14.4. The molecule has 5 heteroatoms. The summed E-state index contributed by atoms with van der Waals surface area (Å²) in [5.41, 5.74) is 6.89. The molecule has 2 aliphatic heterocycles. The molecule has 1 spiro atoms. The zero-order valence-electron chi connectivity index (χ0n) is 14.5. The summed E-state index contributed by atoms with van der Waals surface area (Å²) < 4.78 is 7.89. The molecule has 0 atom stereocenters. The SMILES string of the molecule is C1=C(C2CCOCC2)c2c(ncc3nc(C4CC5(CNC5)C4)cn23)C1. The van der Waals surface area contributed by atoms with Gasteiger partial charge in [-0.25, -0.2) is 4.98 Å². The molecule has 6 rings (SSSR count). The Labute approximate surface area is 147 Å². The molecule has 0 amide bonds. The summed E-state index contributed by atoms with van der Waals surface area (Å²) in [4.78, 5) is 9.67. The fourth-order valence-electron chi connectivity index (χ4n) is 5.31. The summed E-state index contributed by atoms with van der Waals surface area (Å²) in [6, 6.07) is 0. The number of hydrogen-bond acceptors (Lipinski definition) is 4. The lowest BCUT2D eigenvalue weighted by Gasteiger charge is -2.54. The lowest BCUT2D eigenvalue weighted by Crippen LogP contribution is -2.59. The summed E-state index contributed by atoms with van der Waals surface area (Å²) in [6.45, 7) is 4.16. The zero-order chi connectivity index (χ0) is 16.4. The van der Waals surface area contributed by atoms with Gasteiger partial charge in [0, 0.05) is 44.8 Å². The Morgan fingerprint density at radius 2 is 2.00 bits per heavy atom. The van der Waals surface area contributed by atoms with Crippen molar-refractivity contribution in [2.75, 3.05) is 26.3 Å². The van der Waals surface area contributed by atoms with Crippen molar-refractivity contribution in [1.29, 1.82) is 0 Å². The van der Waals surface area contributed by atoms with Crippen molar-refractivity contribution in [2.24, 2.45) is 11.3 Å². The molecule has 2 saturated heterocycles. The third-order valence-corrected chi connectivity index (χ3v) is 6.83. The Morgan fingerprint density at radius 1 is 1.16 bits per heavy atom. The average Bonchev–Trinajstić information content (AvgIpc) is 3.16. The molecule has 3 fully saturated rings. The largest absolute Gasteiger partial charge is 0.381 e. The second kappa shape index (κ2) is 5.15. The van der Waals surface area contributed by atoms with Gasteiger partial charge in [0.25, 0.3) is 0 Å². The van der Waals surface area contributed by atoms with Crippen LogP contribution in [0, 0.1) is 11.3 Å². The molecule has 130 valence electrons. The Kier molecular flexibility index (Phi) is 2.97. The molecular weight excluding hydrogens is 312 g/mol. The molecule has 1 saturated carbocycles.